The molecule has 4 nitrogen and oxygen atoms in total. The van der Waals surface area contributed by atoms with Crippen LogP contribution in [0, 0.1) is 24.1 Å². The Bertz CT molecular complexity index is 705. The lowest BCUT2D eigenvalue weighted by Gasteiger charge is -2.10. The van der Waals surface area contributed by atoms with Crippen LogP contribution < -0.4 is 4.74 Å². The van der Waals surface area contributed by atoms with Gasteiger partial charge in [0, 0.05) is 5.56 Å². The van der Waals surface area contributed by atoms with Gasteiger partial charge in [-0.15, -0.1) is 0 Å². The van der Waals surface area contributed by atoms with E-state index in [-0.39, 0.29) is 5.69 Å². The van der Waals surface area contributed by atoms with E-state index in [2.05, 4.69) is 4.98 Å². The Labute approximate surface area is 121 Å². The van der Waals surface area contributed by atoms with Crippen LogP contribution in [0.3, 0.4) is 0 Å². The van der Waals surface area contributed by atoms with Crippen LogP contribution in [0.1, 0.15) is 27.5 Å². The van der Waals surface area contributed by atoms with E-state index in [0.29, 0.717) is 11.3 Å². The molecule has 0 saturated heterocycles. The molecule has 0 amide bonds. The topological polar surface area (TPSA) is 63.0 Å². The van der Waals surface area contributed by atoms with E-state index in [1.807, 2.05) is 13.0 Å². The summed E-state index contributed by atoms with van der Waals surface area (Å²) in [6, 6.07) is 9.40. The second kappa shape index (κ2) is 6.14. The number of Topliss-reactive ketones (excluding diaryl/α,β-unsaturated/α-hetero) is 1. The van der Waals surface area contributed by atoms with Crippen molar-refractivity contribution in [3.63, 3.8) is 0 Å². The number of nitriles is 1. The zero-order chi connectivity index (χ0) is 15.4. The van der Waals surface area contributed by atoms with Crippen LogP contribution in [0.15, 0.2) is 36.5 Å². The van der Waals surface area contributed by atoms with Gasteiger partial charge in [0.15, 0.2) is 11.7 Å². The number of methoxy groups -OCH3 is 1. The van der Waals surface area contributed by atoms with Gasteiger partial charge in [-0.1, -0.05) is 12.1 Å². The van der Waals surface area contributed by atoms with Gasteiger partial charge in [0.1, 0.15) is 11.6 Å². The lowest BCUT2D eigenvalue weighted by atomic mass is 9.94. The molecule has 0 aliphatic carbocycles. The minimum absolute atomic E-state index is 0.225. The van der Waals surface area contributed by atoms with Gasteiger partial charge in [-0.3, -0.25) is 9.78 Å². The van der Waals surface area contributed by atoms with Gasteiger partial charge in [-0.25, -0.2) is 4.39 Å². The Hall–Kier alpha value is -2.74. The number of halogens is 1. The molecule has 0 aliphatic heterocycles. The predicted octanol–water partition coefficient (Wildman–Crippen LogP) is 3.03. The SMILES string of the molecule is COc1cc(C(=O)[C@@H](C#N)c2ccc(F)cn2)ccc1C. The first kappa shape index (κ1) is 14.7. The Kier molecular flexibility index (Phi) is 4.29. The highest BCUT2D eigenvalue weighted by Crippen LogP contribution is 2.24. The Morgan fingerprint density at radius 1 is 1.38 bits per heavy atom. The number of carbonyl (C=O) groups excluding carboxylic acids is 1. The Balaban J connectivity index is 2.37. The smallest absolute Gasteiger partial charge is 0.186 e. The number of ether oxygens (including phenoxy) is 1. The van der Waals surface area contributed by atoms with Gasteiger partial charge in [0.25, 0.3) is 0 Å². The van der Waals surface area contributed by atoms with E-state index in [4.69, 9.17) is 4.74 Å². The van der Waals surface area contributed by atoms with Crippen molar-refractivity contribution in [3.8, 4) is 11.8 Å². The first-order valence-corrected chi connectivity index (χ1v) is 6.26. The molecule has 5 heteroatoms. The summed E-state index contributed by atoms with van der Waals surface area (Å²) in [6.07, 6.45) is 0.989. The number of carbonyl (C=O) groups is 1. The average molecular weight is 284 g/mol. The Morgan fingerprint density at radius 3 is 2.71 bits per heavy atom. The van der Waals surface area contributed by atoms with Gasteiger partial charge in [0.05, 0.1) is 25.1 Å². The standard InChI is InChI=1S/C16H13FN2O2/c1-10-3-4-11(7-15(10)21-2)16(20)13(8-18)14-6-5-12(17)9-19-14/h3-7,9,13H,1-2H3/t13-/m0/s1. The van der Waals surface area contributed by atoms with E-state index in [0.717, 1.165) is 11.8 Å². The number of hydrogen-bond acceptors (Lipinski definition) is 4. The number of benzene rings is 1. The van der Waals surface area contributed by atoms with Crippen molar-refractivity contribution in [2.45, 2.75) is 12.8 Å². The van der Waals surface area contributed by atoms with Crippen molar-refractivity contribution in [3.05, 3.63) is 59.2 Å². The molecule has 0 radical (unpaired) electrons. The number of nitrogens with zero attached hydrogens (tertiary/aromatic N) is 2. The second-order valence-corrected chi connectivity index (χ2v) is 4.51. The minimum Gasteiger partial charge on any atom is -0.496 e. The number of hydrogen-bond donors (Lipinski definition) is 0. The third-order valence-electron chi connectivity index (χ3n) is 3.13. The zero-order valence-electron chi connectivity index (χ0n) is 11.6. The molecule has 0 unspecified atom stereocenters. The van der Waals surface area contributed by atoms with Crippen molar-refractivity contribution in [1.29, 1.82) is 5.26 Å². The number of rotatable bonds is 4. The van der Waals surface area contributed by atoms with Crippen molar-refractivity contribution < 1.29 is 13.9 Å². The highest BCUT2D eigenvalue weighted by molar-refractivity contribution is 6.02. The monoisotopic (exact) mass is 284 g/mol. The van der Waals surface area contributed by atoms with Gasteiger partial charge >= 0.3 is 0 Å². The summed E-state index contributed by atoms with van der Waals surface area (Å²) in [4.78, 5) is 16.2. The Morgan fingerprint density at radius 2 is 2.14 bits per heavy atom. The summed E-state index contributed by atoms with van der Waals surface area (Å²) in [5.74, 6) is -1.41. The molecule has 0 fully saturated rings. The maximum absolute atomic E-state index is 12.9. The normalized spacial score (nSPS) is 11.5. The quantitative estimate of drug-likeness (QED) is 0.809. The first-order chi connectivity index (χ1) is 10.1. The second-order valence-electron chi connectivity index (χ2n) is 4.51. The fourth-order valence-electron chi connectivity index (χ4n) is 1.96. The molecule has 0 aliphatic rings. The molecule has 1 atom stereocenters. The summed E-state index contributed by atoms with van der Waals surface area (Å²) in [7, 11) is 1.51. The van der Waals surface area contributed by atoms with E-state index < -0.39 is 17.5 Å². The molecule has 21 heavy (non-hydrogen) atoms. The van der Waals surface area contributed by atoms with Gasteiger partial charge in [0.2, 0.25) is 0 Å². The molecule has 2 rings (SSSR count). The third kappa shape index (κ3) is 3.06. The summed E-state index contributed by atoms with van der Waals surface area (Å²) in [5, 5.41) is 9.23. The minimum atomic E-state index is -1.07. The predicted molar refractivity (Wildman–Crippen MR) is 74.6 cm³/mol. The van der Waals surface area contributed by atoms with E-state index in [9.17, 15) is 14.4 Å². The van der Waals surface area contributed by atoms with E-state index >= 15 is 0 Å². The van der Waals surface area contributed by atoms with Crippen LogP contribution in [0.2, 0.25) is 0 Å². The zero-order valence-corrected chi connectivity index (χ0v) is 11.6. The van der Waals surface area contributed by atoms with Crippen LogP contribution in [-0.4, -0.2) is 17.9 Å². The average Bonchev–Trinajstić information content (AvgIpc) is 2.50. The molecule has 1 aromatic heterocycles. The summed E-state index contributed by atoms with van der Waals surface area (Å²) in [6.45, 7) is 1.86. The largest absolute Gasteiger partial charge is 0.496 e. The van der Waals surface area contributed by atoms with E-state index in [1.165, 1.54) is 19.2 Å². The number of aromatic nitrogens is 1. The molecule has 2 aromatic rings. The van der Waals surface area contributed by atoms with Crippen LogP contribution in [-0.2, 0) is 0 Å². The lowest BCUT2D eigenvalue weighted by Crippen LogP contribution is -2.13. The van der Waals surface area contributed by atoms with Crippen LogP contribution in [0.4, 0.5) is 4.39 Å². The maximum atomic E-state index is 12.9. The van der Waals surface area contributed by atoms with Crippen molar-refractivity contribution >= 4 is 5.78 Å². The number of aryl methyl sites for hydroxylation is 1. The fourth-order valence-corrected chi connectivity index (χ4v) is 1.96. The lowest BCUT2D eigenvalue weighted by molar-refractivity contribution is 0.0977. The van der Waals surface area contributed by atoms with Gasteiger partial charge in [-0.05, 0) is 30.7 Å². The highest BCUT2D eigenvalue weighted by atomic mass is 19.1. The molecule has 0 spiro atoms. The third-order valence-corrected chi connectivity index (χ3v) is 3.13. The van der Waals surface area contributed by atoms with Crippen LogP contribution >= 0.6 is 0 Å². The van der Waals surface area contributed by atoms with Gasteiger partial charge in [-0.2, -0.15) is 5.26 Å². The molecular formula is C16H13FN2O2. The highest BCUT2D eigenvalue weighted by Gasteiger charge is 2.23. The summed E-state index contributed by atoms with van der Waals surface area (Å²) in [5.41, 5.74) is 1.47. The van der Waals surface area contributed by atoms with E-state index in [1.54, 1.807) is 18.2 Å². The number of pyridine rings is 1. The molecular weight excluding hydrogens is 271 g/mol. The molecule has 1 aromatic carbocycles. The van der Waals surface area contributed by atoms with Crippen molar-refractivity contribution in [2.24, 2.45) is 0 Å². The molecule has 0 saturated carbocycles. The maximum Gasteiger partial charge on any atom is 0.186 e. The van der Waals surface area contributed by atoms with Crippen LogP contribution in [0.5, 0.6) is 5.75 Å². The van der Waals surface area contributed by atoms with Crippen molar-refractivity contribution in [1.82, 2.24) is 4.98 Å². The number of ketones is 1. The summed E-state index contributed by atoms with van der Waals surface area (Å²) >= 11 is 0. The molecule has 1 heterocycles. The first-order valence-electron chi connectivity index (χ1n) is 6.26. The molecule has 0 N–H and O–H groups in total. The van der Waals surface area contributed by atoms with Gasteiger partial charge < -0.3 is 4.74 Å². The summed E-state index contributed by atoms with van der Waals surface area (Å²) < 4.78 is 18.0. The van der Waals surface area contributed by atoms with Crippen molar-refractivity contribution in [2.75, 3.05) is 7.11 Å². The fraction of sp³-hybridized carbons (Fsp3) is 0.188. The van der Waals surface area contributed by atoms with Crippen LogP contribution in [0.25, 0.3) is 0 Å². The molecule has 106 valence electrons. The molecule has 0 bridgehead atoms.